The van der Waals surface area contributed by atoms with E-state index in [4.69, 9.17) is 8.83 Å². The van der Waals surface area contributed by atoms with E-state index in [2.05, 4.69) is 10.3 Å². The molecule has 1 aliphatic rings. The lowest BCUT2D eigenvalue weighted by atomic mass is 9.90. The van der Waals surface area contributed by atoms with Crippen molar-refractivity contribution in [2.45, 2.75) is 53.2 Å². The predicted octanol–water partition coefficient (Wildman–Crippen LogP) is 4.17. The predicted molar refractivity (Wildman–Crippen MR) is 148 cm³/mol. The number of amides is 2. The van der Waals surface area contributed by atoms with Crippen LogP contribution in [0.25, 0.3) is 11.0 Å². The fourth-order valence-electron chi connectivity index (χ4n) is 5.19. The fourth-order valence-corrected chi connectivity index (χ4v) is 5.19. The van der Waals surface area contributed by atoms with Crippen molar-refractivity contribution in [3.63, 3.8) is 0 Å². The summed E-state index contributed by atoms with van der Waals surface area (Å²) in [5.74, 6) is 0.243. The van der Waals surface area contributed by atoms with Crippen LogP contribution in [0.3, 0.4) is 0 Å². The van der Waals surface area contributed by atoms with Gasteiger partial charge >= 0.3 is 0 Å². The van der Waals surface area contributed by atoms with Gasteiger partial charge in [-0.3, -0.25) is 14.4 Å². The minimum Gasteiger partial charge on any atom is -0.461 e. The minimum atomic E-state index is -1.16. The molecule has 1 aliphatic heterocycles. The highest BCUT2D eigenvalue weighted by Crippen LogP contribution is 2.38. The van der Waals surface area contributed by atoms with E-state index < -0.39 is 5.41 Å². The van der Waals surface area contributed by atoms with Crippen molar-refractivity contribution in [2.24, 2.45) is 5.41 Å². The van der Waals surface area contributed by atoms with Crippen LogP contribution in [0.2, 0.25) is 0 Å². The molecule has 0 bridgehead atoms. The maximum atomic E-state index is 13.2. The van der Waals surface area contributed by atoms with Crippen LogP contribution in [0.1, 0.15) is 50.3 Å². The molecule has 39 heavy (non-hydrogen) atoms. The quantitative estimate of drug-likeness (QED) is 0.340. The summed E-state index contributed by atoms with van der Waals surface area (Å²) in [4.78, 5) is 46.9. The molecule has 0 saturated carbocycles. The summed E-state index contributed by atoms with van der Waals surface area (Å²) in [5.41, 5.74) is 2.40. The second-order valence-electron chi connectivity index (χ2n) is 10.4. The number of nitrogens with one attached hydrogen (secondary N) is 1. The van der Waals surface area contributed by atoms with Gasteiger partial charge in [0.2, 0.25) is 11.8 Å². The van der Waals surface area contributed by atoms with E-state index >= 15 is 0 Å². The van der Waals surface area contributed by atoms with Gasteiger partial charge in [-0.05, 0) is 63.9 Å². The van der Waals surface area contributed by atoms with E-state index in [1.807, 2.05) is 32.0 Å². The van der Waals surface area contributed by atoms with Gasteiger partial charge in [0.25, 0.3) is 5.56 Å². The van der Waals surface area contributed by atoms with Crippen LogP contribution < -0.4 is 20.7 Å². The maximum Gasteiger partial charge on any atom is 0.261 e. The van der Waals surface area contributed by atoms with Crippen LogP contribution in [-0.2, 0) is 22.7 Å². The number of aryl methyl sites for hydroxylation is 2. The smallest absolute Gasteiger partial charge is 0.261 e. The number of pyridine rings is 1. The number of carbonyl (C=O) groups is 2. The van der Waals surface area contributed by atoms with Gasteiger partial charge in [0, 0.05) is 32.9 Å². The van der Waals surface area contributed by atoms with Crippen molar-refractivity contribution < 1.29 is 18.4 Å². The third-order valence-electron chi connectivity index (χ3n) is 7.43. The lowest BCUT2D eigenvalue weighted by molar-refractivity contribution is -0.137. The van der Waals surface area contributed by atoms with Crippen molar-refractivity contribution in [1.29, 1.82) is 0 Å². The number of benzene rings is 1. The molecule has 5 rings (SSSR count). The monoisotopic (exact) mass is 531 g/mol. The molecule has 1 unspecified atom stereocenters. The average Bonchev–Trinajstić information content (AvgIpc) is 3.58. The number of furan rings is 1. The van der Waals surface area contributed by atoms with Gasteiger partial charge in [-0.15, -0.1) is 0 Å². The summed E-state index contributed by atoms with van der Waals surface area (Å²) in [6.45, 7) is 8.48. The number of rotatable bonds is 8. The third-order valence-corrected chi connectivity index (χ3v) is 7.43. The van der Waals surface area contributed by atoms with Crippen LogP contribution in [-0.4, -0.2) is 35.0 Å². The molecule has 1 aromatic carbocycles. The Hall–Kier alpha value is -4.18. The first kappa shape index (κ1) is 26.4. The van der Waals surface area contributed by atoms with E-state index in [1.54, 1.807) is 59.9 Å². The highest BCUT2D eigenvalue weighted by molar-refractivity contribution is 6.19. The van der Waals surface area contributed by atoms with E-state index in [-0.39, 0.29) is 23.4 Å². The Balaban J connectivity index is 1.37. The Labute approximate surface area is 226 Å². The van der Waals surface area contributed by atoms with Gasteiger partial charge < -0.3 is 28.5 Å². The SMILES string of the molecule is CCN1C(=O)C(C)(C)C(=O)N(C)c2cc(CNC(CCn3ccc4oc(C)cc4c3=O)c3cocn3)ccc21. The molecule has 0 spiro atoms. The minimum absolute atomic E-state index is 0.0975. The Morgan fingerprint density at radius 1 is 1.08 bits per heavy atom. The molecule has 1 N–H and O–H groups in total. The third kappa shape index (κ3) is 4.76. The molecule has 4 aromatic rings. The zero-order valence-corrected chi connectivity index (χ0v) is 22.9. The first-order valence-electron chi connectivity index (χ1n) is 13.1. The van der Waals surface area contributed by atoms with E-state index in [1.165, 1.54) is 6.39 Å². The second-order valence-corrected chi connectivity index (χ2v) is 10.4. The highest BCUT2D eigenvalue weighted by Gasteiger charge is 2.45. The average molecular weight is 532 g/mol. The molecule has 2 amide bonds. The highest BCUT2D eigenvalue weighted by atomic mass is 16.3. The summed E-state index contributed by atoms with van der Waals surface area (Å²) in [5, 5.41) is 4.09. The molecule has 0 radical (unpaired) electrons. The lowest BCUT2D eigenvalue weighted by Gasteiger charge is -2.27. The molecule has 0 saturated heterocycles. The van der Waals surface area contributed by atoms with E-state index in [9.17, 15) is 14.4 Å². The summed E-state index contributed by atoms with van der Waals surface area (Å²) in [7, 11) is 1.71. The zero-order valence-electron chi connectivity index (χ0n) is 22.9. The first-order chi connectivity index (χ1) is 18.6. The number of anilines is 2. The van der Waals surface area contributed by atoms with Gasteiger partial charge in [0.15, 0.2) is 6.39 Å². The molecule has 10 heteroatoms. The van der Waals surface area contributed by atoms with Gasteiger partial charge in [0.1, 0.15) is 23.0 Å². The molecule has 3 aromatic heterocycles. The normalized spacial score (nSPS) is 16.0. The van der Waals surface area contributed by atoms with Crippen molar-refractivity contribution in [3.05, 3.63) is 76.6 Å². The Bertz CT molecular complexity index is 1580. The molecule has 1 atom stereocenters. The fraction of sp³-hybridized carbons (Fsp3) is 0.379. The van der Waals surface area contributed by atoms with Crippen molar-refractivity contribution in [2.75, 3.05) is 23.4 Å². The maximum absolute atomic E-state index is 13.2. The summed E-state index contributed by atoms with van der Waals surface area (Å²) >= 11 is 0. The van der Waals surface area contributed by atoms with Crippen molar-refractivity contribution >= 4 is 34.2 Å². The van der Waals surface area contributed by atoms with Crippen LogP contribution in [0.15, 0.2) is 62.8 Å². The number of hydrogen-bond donors (Lipinski definition) is 1. The topological polar surface area (TPSA) is 114 Å². The second kappa shape index (κ2) is 10.2. The number of fused-ring (bicyclic) bond motifs is 2. The van der Waals surface area contributed by atoms with Crippen LogP contribution in [0.5, 0.6) is 0 Å². The molecular weight excluding hydrogens is 498 g/mol. The molecule has 10 nitrogen and oxygen atoms in total. The van der Waals surface area contributed by atoms with E-state index in [0.29, 0.717) is 54.2 Å². The number of oxazole rings is 1. The summed E-state index contributed by atoms with van der Waals surface area (Å²) in [6.07, 6.45) is 5.32. The number of hydrogen-bond acceptors (Lipinski definition) is 7. The van der Waals surface area contributed by atoms with Gasteiger partial charge in [-0.1, -0.05) is 6.07 Å². The van der Waals surface area contributed by atoms with Crippen LogP contribution in [0, 0.1) is 12.3 Å². The van der Waals surface area contributed by atoms with Crippen molar-refractivity contribution in [1.82, 2.24) is 14.9 Å². The van der Waals surface area contributed by atoms with Gasteiger partial charge in [-0.25, -0.2) is 4.98 Å². The van der Waals surface area contributed by atoms with E-state index in [0.717, 1.165) is 11.3 Å². The van der Waals surface area contributed by atoms with Crippen molar-refractivity contribution in [3.8, 4) is 0 Å². The lowest BCUT2D eigenvalue weighted by Crippen LogP contribution is -2.47. The molecule has 0 fully saturated rings. The summed E-state index contributed by atoms with van der Waals surface area (Å²) < 4.78 is 12.5. The molecule has 0 aliphatic carbocycles. The van der Waals surface area contributed by atoms with Gasteiger partial charge in [-0.2, -0.15) is 0 Å². The van der Waals surface area contributed by atoms with Gasteiger partial charge in [0.05, 0.1) is 28.5 Å². The number of nitrogens with zero attached hydrogens (tertiary/aromatic N) is 4. The summed E-state index contributed by atoms with van der Waals surface area (Å²) in [6, 6.07) is 9.17. The van der Waals surface area contributed by atoms with Crippen LogP contribution in [0.4, 0.5) is 11.4 Å². The Morgan fingerprint density at radius 2 is 1.87 bits per heavy atom. The standard InChI is InChI=1S/C29H33N5O5/c1-6-34-23-8-7-19(14-24(23)32(5)27(36)29(3,4)28(34)37)15-30-21(22-16-38-17-31-22)9-11-33-12-10-25-20(26(33)35)13-18(2)39-25/h7-8,10,12-14,16-17,21,30H,6,9,11,15H2,1-5H3. The number of aromatic nitrogens is 2. The molecule has 4 heterocycles. The van der Waals surface area contributed by atoms with Crippen LogP contribution >= 0.6 is 0 Å². The zero-order chi connectivity index (χ0) is 27.9. The number of carbonyl (C=O) groups excluding carboxylic acids is 2. The largest absolute Gasteiger partial charge is 0.461 e. The molecule has 204 valence electrons. The Kier molecular flexibility index (Phi) is 6.90. The molecular formula is C29H33N5O5. The first-order valence-corrected chi connectivity index (χ1v) is 13.1. The Morgan fingerprint density at radius 3 is 2.59 bits per heavy atom.